The highest BCUT2D eigenvalue weighted by molar-refractivity contribution is 9.10. The van der Waals surface area contributed by atoms with E-state index in [0.29, 0.717) is 24.1 Å². The largest absolute Gasteiger partial charge is 0.326 e. The van der Waals surface area contributed by atoms with Crippen molar-refractivity contribution in [3.05, 3.63) is 63.6 Å². The van der Waals surface area contributed by atoms with Crippen molar-refractivity contribution < 1.29 is 8.42 Å². The molecule has 0 radical (unpaired) electrons. The third-order valence-corrected chi connectivity index (χ3v) is 6.45. The normalized spacial score (nSPS) is 15.1. The van der Waals surface area contributed by atoms with Gasteiger partial charge in [-0.3, -0.25) is 0 Å². The number of benzene rings is 2. The predicted octanol–water partition coefficient (Wildman–Crippen LogP) is 2.61. The summed E-state index contributed by atoms with van der Waals surface area (Å²) in [4.78, 5) is 0.276. The van der Waals surface area contributed by atoms with Crippen molar-refractivity contribution in [1.29, 1.82) is 0 Å². The summed E-state index contributed by atoms with van der Waals surface area (Å²) in [7, 11) is -3.54. The van der Waals surface area contributed by atoms with Crippen LogP contribution in [0.25, 0.3) is 0 Å². The van der Waals surface area contributed by atoms with Crippen LogP contribution in [0.15, 0.2) is 51.8 Å². The Morgan fingerprint density at radius 2 is 1.71 bits per heavy atom. The number of halogens is 1. The van der Waals surface area contributed by atoms with Crippen LogP contribution < -0.4 is 5.73 Å². The van der Waals surface area contributed by atoms with E-state index in [0.717, 1.165) is 16.7 Å². The van der Waals surface area contributed by atoms with Crippen LogP contribution in [-0.4, -0.2) is 12.7 Å². The molecule has 1 heterocycles. The van der Waals surface area contributed by atoms with E-state index in [2.05, 4.69) is 15.9 Å². The molecule has 21 heavy (non-hydrogen) atoms. The van der Waals surface area contributed by atoms with Crippen molar-refractivity contribution in [1.82, 2.24) is 4.31 Å². The number of nitrogens with zero attached hydrogens (tertiary/aromatic N) is 1. The van der Waals surface area contributed by atoms with E-state index >= 15 is 0 Å². The van der Waals surface area contributed by atoms with Crippen molar-refractivity contribution in [2.24, 2.45) is 5.73 Å². The van der Waals surface area contributed by atoms with Crippen molar-refractivity contribution in [2.45, 2.75) is 24.5 Å². The minimum atomic E-state index is -3.54. The van der Waals surface area contributed by atoms with Crippen LogP contribution in [0, 0.1) is 0 Å². The molecule has 2 aromatic carbocycles. The van der Waals surface area contributed by atoms with E-state index in [-0.39, 0.29) is 4.90 Å². The molecule has 1 aliphatic heterocycles. The van der Waals surface area contributed by atoms with Gasteiger partial charge in [0.15, 0.2) is 0 Å². The Kier molecular flexibility index (Phi) is 3.88. The second-order valence-electron chi connectivity index (χ2n) is 5.01. The fourth-order valence-electron chi connectivity index (χ4n) is 2.48. The van der Waals surface area contributed by atoms with Gasteiger partial charge in [0, 0.05) is 24.1 Å². The van der Waals surface area contributed by atoms with Gasteiger partial charge in [-0.25, -0.2) is 8.42 Å². The molecule has 0 spiro atoms. The molecule has 0 saturated carbocycles. The Morgan fingerprint density at radius 3 is 2.29 bits per heavy atom. The Bertz CT molecular complexity index is 765. The molecule has 6 heteroatoms. The van der Waals surface area contributed by atoms with Gasteiger partial charge in [0.1, 0.15) is 0 Å². The van der Waals surface area contributed by atoms with Crippen LogP contribution in [0.4, 0.5) is 0 Å². The molecule has 3 rings (SSSR count). The summed E-state index contributed by atoms with van der Waals surface area (Å²) >= 11 is 3.33. The maximum absolute atomic E-state index is 12.8. The zero-order valence-corrected chi connectivity index (χ0v) is 13.7. The zero-order valence-electron chi connectivity index (χ0n) is 11.3. The molecular weight excluding hydrogens is 352 g/mol. The van der Waals surface area contributed by atoms with Gasteiger partial charge in [0.05, 0.1) is 4.90 Å². The van der Waals surface area contributed by atoms with Crippen molar-refractivity contribution in [3.63, 3.8) is 0 Å². The van der Waals surface area contributed by atoms with Crippen LogP contribution in [0.3, 0.4) is 0 Å². The molecular formula is C15H15BrN2O2S. The van der Waals surface area contributed by atoms with Crippen molar-refractivity contribution in [2.75, 3.05) is 0 Å². The fraction of sp³-hybridized carbons (Fsp3) is 0.200. The maximum atomic E-state index is 12.8. The Hall–Kier alpha value is -1.21. The molecule has 110 valence electrons. The lowest BCUT2D eigenvalue weighted by Crippen LogP contribution is -2.26. The first-order valence-corrected chi connectivity index (χ1v) is 8.81. The molecule has 2 N–H and O–H groups in total. The topological polar surface area (TPSA) is 63.4 Å². The van der Waals surface area contributed by atoms with Crippen LogP contribution in [0.5, 0.6) is 0 Å². The summed E-state index contributed by atoms with van der Waals surface area (Å²) in [5, 5.41) is 0. The van der Waals surface area contributed by atoms with Gasteiger partial charge in [0.2, 0.25) is 10.0 Å². The maximum Gasteiger partial charge on any atom is 0.244 e. The quantitative estimate of drug-likeness (QED) is 0.907. The number of nitrogens with two attached hydrogens (primary N) is 1. The van der Waals surface area contributed by atoms with Crippen LogP contribution in [0.2, 0.25) is 0 Å². The van der Waals surface area contributed by atoms with Crippen LogP contribution in [0.1, 0.15) is 16.7 Å². The summed E-state index contributed by atoms with van der Waals surface area (Å²) in [6.45, 7) is 1.14. The minimum Gasteiger partial charge on any atom is -0.326 e. The van der Waals surface area contributed by atoms with E-state index in [4.69, 9.17) is 5.73 Å². The SMILES string of the molecule is NCc1ccc(Br)c(S(=O)(=O)N2Cc3ccccc3C2)c1. The standard InChI is InChI=1S/C15H15BrN2O2S/c16-14-6-5-11(8-17)7-15(14)21(19,20)18-9-12-3-1-2-4-13(12)10-18/h1-7H,8-10,17H2. The summed E-state index contributed by atoms with van der Waals surface area (Å²) in [6, 6.07) is 13.0. The number of rotatable bonds is 3. The highest BCUT2D eigenvalue weighted by atomic mass is 79.9. The molecule has 0 bridgehead atoms. The Labute approximate surface area is 132 Å². The monoisotopic (exact) mass is 366 g/mol. The Balaban J connectivity index is 2.00. The molecule has 0 aliphatic carbocycles. The van der Waals surface area contributed by atoms with Crippen molar-refractivity contribution >= 4 is 26.0 Å². The third-order valence-electron chi connectivity index (χ3n) is 3.66. The molecule has 0 fully saturated rings. The molecule has 1 aliphatic rings. The second-order valence-corrected chi connectivity index (χ2v) is 7.77. The number of hydrogen-bond acceptors (Lipinski definition) is 3. The lowest BCUT2D eigenvalue weighted by atomic mass is 10.1. The molecule has 0 atom stereocenters. The number of hydrogen-bond donors (Lipinski definition) is 1. The van der Waals surface area contributed by atoms with E-state index in [9.17, 15) is 8.42 Å². The van der Waals surface area contributed by atoms with Crippen molar-refractivity contribution in [3.8, 4) is 0 Å². The minimum absolute atomic E-state index is 0.276. The Morgan fingerprint density at radius 1 is 1.10 bits per heavy atom. The van der Waals surface area contributed by atoms with Gasteiger partial charge in [-0.1, -0.05) is 30.3 Å². The van der Waals surface area contributed by atoms with Gasteiger partial charge in [-0.15, -0.1) is 0 Å². The van der Waals surface area contributed by atoms with E-state index in [1.54, 1.807) is 12.1 Å². The van der Waals surface area contributed by atoms with Gasteiger partial charge < -0.3 is 5.73 Å². The first kappa shape index (κ1) is 14.7. The predicted molar refractivity (Wildman–Crippen MR) is 84.9 cm³/mol. The molecule has 4 nitrogen and oxygen atoms in total. The van der Waals surface area contributed by atoms with Gasteiger partial charge in [-0.05, 0) is 44.8 Å². The lowest BCUT2D eigenvalue weighted by Gasteiger charge is -2.17. The average Bonchev–Trinajstić information content (AvgIpc) is 2.92. The summed E-state index contributed by atoms with van der Waals surface area (Å²) in [5.41, 5.74) is 8.53. The average molecular weight is 367 g/mol. The van der Waals surface area contributed by atoms with E-state index in [1.165, 1.54) is 4.31 Å². The molecule has 0 amide bonds. The van der Waals surface area contributed by atoms with Gasteiger partial charge in [0.25, 0.3) is 0 Å². The summed E-state index contributed by atoms with van der Waals surface area (Å²) in [5.74, 6) is 0. The number of sulfonamides is 1. The first-order valence-electron chi connectivity index (χ1n) is 6.58. The molecule has 0 unspecified atom stereocenters. The number of fused-ring (bicyclic) bond motifs is 1. The highest BCUT2D eigenvalue weighted by Crippen LogP contribution is 2.32. The van der Waals surface area contributed by atoms with Gasteiger partial charge >= 0.3 is 0 Å². The van der Waals surface area contributed by atoms with Crippen LogP contribution in [-0.2, 0) is 29.7 Å². The fourth-order valence-corrected chi connectivity index (χ4v) is 4.85. The zero-order chi connectivity index (χ0) is 15.0. The highest BCUT2D eigenvalue weighted by Gasteiger charge is 2.31. The van der Waals surface area contributed by atoms with E-state index < -0.39 is 10.0 Å². The lowest BCUT2D eigenvalue weighted by molar-refractivity contribution is 0.431. The second kappa shape index (κ2) is 5.53. The molecule has 2 aromatic rings. The third kappa shape index (κ3) is 2.64. The van der Waals surface area contributed by atoms with Gasteiger partial charge in [-0.2, -0.15) is 4.31 Å². The molecule has 0 aromatic heterocycles. The summed E-state index contributed by atoms with van der Waals surface area (Å²) in [6.07, 6.45) is 0. The smallest absolute Gasteiger partial charge is 0.244 e. The van der Waals surface area contributed by atoms with E-state index in [1.807, 2.05) is 30.3 Å². The van der Waals surface area contributed by atoms with Crippen LogP contribution >= 0.6 is 15.9 Å². The molecule has 0 saturated heterocycles. The summed E-state index contributed by atoms with van der Waals surface area (Å²) < 4.78 is 27.8. The first-order chi connectivity index (χ1) is 10.0.